The van der Waals surface area contributed by atoms with Crippen LogP contribution >= 0.6 is 12.0 Å². The van der Waals surface area contributed by atoms with Crippen LogP contribution in [-0.2, 0) is 28.4 Å². The molecular formula is C24H11F34LiO7S. The molecule has 1 unspecified atom stereocenters. The van der Waals surface area contributed by atoms with Crippen LogP contribution in [0.2, 0.25) is 0 Å². The molecule has 0 heterocycles. The summed E-state index contributed by atoms with van der Waals surface area (Å²) in [6, 6.07) is 0. The molecule has 0 fully saturated rings. The van der Waals surface area contributed by atoms with Crippen LogP contribution in [0.4, 0.5) is 149 Å². The molecule has 0 aliphatic carbocycles. The Bertz CT molecular complexity index is 1700. The molecule has 67 heavy (non-hydrogen) atoms. The number of ether oxygens (including phenoxy) is 2. The number of hydrogen-bond donors (Lipinski definition) is 0. The van der Waals surface area contributed by atoms with Crippen molar-refractivity contribution >= 4 is 24.0 Å². The van der Waals surface area contributed by atoms with E-state index < -0.39 is 157 Å². The van der Waals surface area contributed by atoms with Gasteiger partial charge in [-0.25, -0.2) is 0 Å². The fraction of sp³-hybridized carbons (Fsp3) is 0.917. The van der Waals surface area contributed by atoms with Gasteiger partial charge in [0, 0.05) is 12.0 Å². The average molecular weight is 1100 g/mol. The van der Waals surface area contributed by atoms with Crippen molar-refractivity contribution in [1.29, 1.82) is 0 Å². The van der Waals surface area contributed by atoms with E-state index in [1.807, 2.05) is 0 Å². The van der Waals surface area contributed by atoms with Crippen molar-refractivity contribution in [2.24, 2.45) is 0 Å². The fourth-order valence-corrected chi connectivity index (χ4v) is 4.28. The molecule has 0 aliphatic rings. The van der Waals surface area contributed by atoms with E-state index in [0.29, 0.717) is 0 Å². The molecule has 0 aromatic heterocycles. The molecule has 0 aliphatic heterocycles. The van der Waals surface area contributed by atoms with E-state index in [4.69, 9.17) is 0 Å². The second-order valence-electron chi connectivity index (χ2n) is 12.1. The van der Waals surface area contributed by atoms with E-state index in [0.717, 1.165) is 0 Å². The summed E-state index contributed by atoms with van der Waals surface area (Å²) in [7, 11) is 0. The maximum absolute atomic E-state index is 14.0. The number of rotatable bonds is 24. The maximum atomic E-state index is 14.0. The summed E-state index contributed by atoms with van der Waals surface area (Å²) < 4.78 is 465. The number of carbonyl (C=O) groups excluding carboxylic acids is 2. The first-order valence-corrected chi connectivity index (χ1v) is 15.6. The predicted molar refractivity (Wildman–Crippen MR) is 131 cm³/mol. The van der Waals surface area contributed by atoms with Gasteiger partial charge in [0.15, 0.2) is 0 Å². The third-order valence-corrected chi connectivity index (χ3v) is 8.44. The van der Waals surface area contributed by atoms with E-state index in [2.05, 4.69) is 18.8 Å². The van der Waals surface area contributed by atoms with Crippen molar-refractivity contribution in [3.63, 3.8) is 0 Å². The normalized spacial score (nSPS) is 16.1. The Hall–Kier alpha value is -2.61. The second-order valence-corrected chi connectivity index (χ2v) is 13.0. The molecule has 0 spiro atoms. The molecule has 0 bridgehead atoms. The second kappa shape index (κ2) is 19.5. The Balaban J connectivity index is 0. The van der Waals surface area contributed by atoms with Gasteiger partial charge in [-0.1, -0.05) is 0 Å². The Labute approximate surface area is 359 Å². The summed E-state index contributed by atoms with van der Waals surface area (Å²) in [5.41, 5.74) is 0. The molecule has 0 N–H and O–H groups in total. The Morgan fingerprint density at radius 2 is 0.627 bits per heavy atom. The van der Waals surface area contributed by atoms with E-state index in [-0.39, 0.29) is 18.9 Å². The molecular weight excluding hydrogens is 1090 g/mol. The van der Waals surface area contributed by atoms with Crippen molar-refractivity contribution in [3.8, 4) is 0 Å². The summed E-state index contributed by atoms with van der Waals surface area (Å²) in [5.74, 6) is -125. The van der Waals surface area contributed by atoms with Crippen LogP contribution in [0, 0.1) is 0 Å². The van der Waals surface area contributed by atoms with Crippen molar-refractivity contribution in [2.75, 3.05) is 13.2 Å². The van der Waals surface area contributed by atoms with Crippen LogP contribution in [0.3, 0.4) is 0 Å². The van der Waals surface area contributed by atoms with E-state index in [1.165, 1.54) is 0 Å². The zero-order chi connectivity index (χ0) is 53.8. The zero-order valence-corrected chi connectivity index (χ0v) is 31.0. The zero-order valence-electron chi connectivity index (χ0n) is 30.2. The summed E-state index contributed by atoms with van der Waals surface area (Å²) in [4.78, 5) is 23.8. The van der Waals surface area contributed by atoms with Gasteiger partial charge in [0.05, 0.1) is 32.5 Å². The molecule has 1 atom stereocenters. The quantitative estimate of drug-likeness (QED) is 0.0245. The standard InChI is InChI=1S/C24H12F34O7S.Li/c25-9(26,11(29,30)13(33,34)15(37,38)17(41,42)19(45,46)21(49,50)23(53,54)55)1-3-62-7(59)5-6(66-65-64-61)8(60)63-4-2-10(27,28)12(31,32)14(35,36)16(39,40)18(43,44)20(47,48)22(51,52)24(56,57)58;/h6,61H,1-5H2;/q;+1/p-1. The predicted octanol–water partition coefficient (Wildman–Crippen LogP) is 7.51. The Morgan fingerprint density at radius 1 is 0.388 bits per heavy atom. The van der Waals surface area contributed by atoms with E-state index in [1.54, 1.807) is 0 Å². The maximum Gasteiger partial charge on any atom is 1.00 e. The van der Waals surface area contributed by atoms with Crippen LogP contribution in [-0.4, -0.2) is 126 Å². The number of esters is 2. The SMILES string of the molecule is O=C(CC(SOO[O-])C(=O)OCCC(F)(F)C(F)(F)C(F)(F)C(F)(F)C(F)(F)C(F)(F)C(F)(F)C(F)(F)F)OCCC(F)(F)C(F)(F)C(F)(F)C(F)(F)C(F)(F)C(F)(F)C(F)(F)C(F)(F)F.[Li+]. The first-order chi connectivity index (χ1) is 28.4. The van der Waals surface area contributed by atoms with Crippen LogP contribution in [0.5, 0.6) is 0 Å². The van der Waals surface area contributed by atoms with Crippen molar-refractivity contribution in [3.05, 3.63) is 0 Å². The minimum absolute atomic E-state index is 0. The summed E-state index contributed by atoms with van der Waals surface area (Å²) >= 11 is -1.07. The topological polar surface area (TPSA) is 94.1 Å². The fourth-order valence-electron chi connectivity index (χ4n) is 3.80. The Kier molecular flexibility index (Phi) is 19.4. The molecule has 0 aromatic carbocycles. The van der Waals surface area contributed by atoms with Crippen LogP contribution < -0.4 is 24.1 Å². The molecule has 0 aromatic rings. The monoisotopic (exact) mass is 1100 g/mol. The van der Waals surface area contributed by atoms with Gasteiger partial charge in [-0.2, -0.15) is 154 Å². The molecule has 0 saturated heterocycles. The van der Waals surface area contributed by atoms with Crippen molar-refractivity contribution in [1.82, 2.24) is 0 Å². The van der Waals surface area contributed by atoms with Gasteiger partial charge in [-0.15, -0.1) is 0 Å². The smallest absolute Gasteiger partial charge is 0.691 e. The van der Waals surface area contributed by atoms with Gasteiger partial charge >= 0.3 is 126 Å². The number of carbonyl (C=O) groups is 2. The number of hydrogen-bond acceptors (Lipinski definition) is 8. The van der Waals surface area contributed by atoms with Gasteiger partial charge in [0.2, 0.25) is 0 Å². The average Bonchev–Trinajstić information content (AvgIpc) is 3.10. The molecule has 0 radical (unpaired) electrons. The van der Waals surface area contributed by atoms with Gasteiger partial charge in [0.1, 0.15) is 5.25 Å². The molecule has 43 heteroatoms. The van der Waals surface area contributed by atoms with Gasteiger partial charge < -0.3 is 14.7 Å². The van der Waals surface area contributed by atoms with Gasteiger partial charge in [0.25, 0.3) is 0 Å². The molecule has 0 amide bonds. The molecule has 0 saturated carbocycles. The first kappa shape index (κ1) is 66.5. The third-order valence-electron chi connectivity index (χ3n) is 7.71. The van der Waals surface area contributed by atoms with Crippen LogP contribution in [0.25, 0.3) is 0 Å². The molecule has 394 valence electrons. The largest absolute Gasteiger partial charge is 1.00 e. The number of halogens is 34. The summed E-state index contributed by atoms with van der Waals surface area (Å²) in [6.07, 6.45) is -25.4. The van der Waals surface area contributed by atoms with Crippen LogP contribution in [0.15, 0.2) is 0 Å². The minimum Gasteiger partial charge on any atom is -0.691 e. The van der Waals surface area contributed by atoms with Crippen LogP contribution in [0.1, 0.15) is 19.3 Å². The molecule has 0 rings (SSSR count). The first-order valence-electron chi connectivity index (χ1n) is 14.8. The van der Waals surface area contributed by atoms with Crippen molar-refractivity contribution < 1.29 is 202 Å². The Morgan fingerprint density at radius 3 is 0.881 bits per heavy atom. The summed E-state index contributed by atoms with van der Waals surface area (Å²) in [5, 5.41) is 9.46. The molecule has 7 nitrogen and oxygen atoms in total. The van der Waals surface area contributed by atoms with E-state index in [9.17, 15) is 164 Å². The van der Waals surface area contributed by atoms with Gasteiger partial charge in [-0.05, 0) is 0 Å². The minimum atomic E-state index is -9.04. The van der Waals surface area contributed by atoms with E-state index >= 15 is 0 Å². The summed E-state index contributed by atoms with van der Waals surface area (Å²) in [6.45, 7) is -5.53. The van der Waals surface area contributed by atoms with Gasteiger partial charge in [-0.3, -0.25) is 14.6 Å². The number of alkyl halides is 34. The van der Waals surface area contributed by atoms with Crippen molar-refractivity contribution in [2.45, 2.75) is 120 Å². The third kappa shape index (κ3) is 10.7.